The van der Waals surface area contributed by atoms with E-state index in [2.05, 4.69) is 27.2 Å². The van der Waals surface area contributed by atoms with E-state index >= 15 is 0 Å². The van der Waals surface area contributed by atoms with Crippen molar-refractivity contribution in [3.05, 3.63) is 66.2 Å². The Bertz CT molecular complexity index is 812. The second-order valence-corrected chi connectivity index (χ2v) is 7.81. The zero-order valence-electron chi connectivity index (χ0n) is 16.9. The molecule has 2 fully saturated rings. The van der Waals surface area contributed by atoms with E-state index in [1.54, 1.807) is 12.1 Å². The maximum atomic E-state index is 12.4. The summed E-state index contributed by atoms with van der Waals surface area (Å²) in [6, 6.07) is 19.0. The van der Waals surface area contributed by atoms with Crippen molar-refractivity contribution in [3.63, 3.8) is 0 Å². The second kappa shape index (κ2) is 9.57. The number of aliphatic hydroxyl groups is 2. The minimum absolute atomic E-state index is 0.172. The highest BCUT2D eigenvalue weighted by molar-refractivity contribution is 5.94. The van der Waals surface area contributed by atoms with Crippen LogP contribution in [0.5, 0.6) is 0 Å². The first-order valence-corrected chi connectivity index (χ1v) is 10.5. The lowest BCUT2D eigenvalue weighted by Gasteiger charge is -2.41. The van der Waals surface area contributed by atoms with Gasteiger partial charge in [-0.05, 0) is 24.3 Å². The summed E-state index contributed by atoms with van der Waals surface area (Å²) in [4.78, 5) is 17.0. The maximum absolute atomic E-state index is 12.4. The van der Waals surface area contributed by atoms with Crippen molar-refractivity contribution in [1.29, 1.82) is 0 Å². The van der Waals surface area contributed by atoms with Gasteiger partial charge in [-0.1, -0.05) is 36.4 Å². The fourth-order valence-electron chi connectivity index (χ4n) is 4.40. The van der Waals surface area contributed by atoms with Crippen molar-refractivity contribution in [3.8, 4) is 0 Å². The van der Waals surface area contributed by atoms with Crippen LogP contribution >= 0.6 is 0 Å². The van der Waals surface area contributed by atoms with Crippen LogP contribution in [-0.4, -0.2) is 84.7 Å². The van der Waals surface area contributed by atoms with Crippen molar-refractivity contribution < 1.29 is 19.7 Å². The van der Waals surface area contributed by atoms with E-state index in [9.17, 15) is 15.0 Å². The zero-order chi connectivity index (χ0) is 20.9. The quantitative estimate of drug-likeness (QED) is 0.650. The summed E-state index contributed by atoms with van der Waals surface area (Å²) in [6.45, 7) is 3.29. The number of para-hydroxylation sites is 1. The first kappa shape index (κ1) is 20.8. The minimum atomic E-state index is -0.795. The molecule has 4 atom stereocenters. The fraction of sp³-hybridized carbons (Fsp3) is 0.435. The summed E-state index contributed by atoms with van der Waals surface area (Å²) < 4.78 is 5.92. The van der Waals surface area contributed by atoms with Gasteiger partial charge >= 0.3 is 0 Å². The molecule has 2 heterocycles. The van der Waals surface area contributed by atoms with E-state index < -0.39 is 12.2 Å². The molecule has 160 valence electrons. The van der Waals surface area contributed by atoms with Crippen LogP contribution in [0.4, 0.5) is 5.69 Å². The summed E-state index contributed by atoms with van der Waals surface area (Å²) in [7, 11) is 0. The van der Waals surface area contributed by atoms with Gasteiger partial charge in [-0.15, -0.1) is 0 Å². The largest absolute Gasteiger partial charge is 0.394 e. The summed E-state index contributed by atoms with van der Waals surface area (Å²) in [5.41, 5.74) is 1.78. The number of carbonyl (C=O) groups is 1. The third kappa shape index (κ3) is 4.49. The van der Waals surface area contributed by atoms with E-state index in [0.29, 0.717) is 5.56 Å². The Hall–Kier alpha value is -2.45. The normalized spacial score (nSPS) is 27.2. The lowest BCUT2D eigenvalue weighted by Crippen LogP contribution is -2.57. The molecule has 7 nitrogen and oxygen atoms in total. The fourth-order valence-corrected chi connectivity index (χ4v) is 4.40. The number of ether oxygens (including phenoxy) is 1. The third-order valence-electron chi connectivity index (χ3n) is 6.00. The molecule has 2 aromatic rings. The van der Waals surface area contributed by atoms with Gasteiger partial charge < -0.3 is 25.2 Å². The number of aliphatic hydroxyl groups excluding tert-OH is 2. The highest BCUT2D eigenvalue weighted by atomic mass is 16.5. The molecule has 3 N–H and O–H groups in total. The molecule has 0 spiro atoms. The van der Waals surface area contributed by atoms with Gasteiger partial charge in [0.15, 0.2) is 0 Å². The van der Waals surface area contributed by atoms with Crippen LogP contribution in [0.1, 0.15) is 10.4 Å². The smallest absolute Gasteiger partial charge is 0.251 e. The van der Waals surface area contributed by atoms with Crippen LogP contribution in [0.2, 0.25) is 0 Å². The molecule has 0 unspecified atom stereocenters. The summed E-state index contributed by atoms with van der Waals surface area (Å²) in [5, 5.41) is 23.3. The molecule has 2 aromatic carbocycles. The van der Waals surface area contributed by atoms with Gasteiger partial charge in [0.05, 0.1) is 18.8 Å². The number of piperazine rings is 1. The van der Waals surface area contributed by atoms with Gasteiger partial charge in [0, 0.05) is 44.0 Å². The predicted octanol–water partition coefficient (Wildman–Crippen LogP) is 0.728. The molecule has 7 heteroatoms. The molecular weight excluding hydrogens is 382 g/mol. The Morgan fingerprint density at radius 1 is 0.967 bits per heavy atom. The number of anilines is 1. The Balaban J connectivity index is 1.39. The number of nitrogens with one attached hydrogen (secondary N) is 1. The number of hydrogen-bond acceptors (Lipinski definition) is 6. The Morgan fingerprint density at radius 3 is 2.23 bits per heavy atom. The van der Waals surface area contributed by atoms with Gasteiger partial charge in [-0.3, -0.25) is 9.69 Å². The molecule has 2 saturated heterocycles. The van der Waals surface area contributed by atoms with Crippen LogP contribution in [0, 0.1) is 0 Å². The first-order valence-electron chi connectivity index (χ1n) is 10.5. The molecular formula is C23H29N3O4. The molecule has 30 heavy (non-hydrogen) atoms. The van der Waals surface area contributed by atoms with E-state index in [1.807, 2.05) is 36.4 Å². The lowest BCUT2D eigenvalue weighted by molar-refractivity contribution is -0.0209. The average molecular weight is 412 g/mol. The zero-order valence-corrected chi connectivity index (χ0v) is 16.9. The molecule has 2 aliphatic rings. The molecule has 0 aromatic heterocycles. The second-order valence-electron chi connectivity index (χ2n) is 7.81. The Labute approximate surface area is 176 Å². The van der Waals surface area contributed by atoms with Crippen LogP contribution in [-0.2, 0) is 4.74 Å². The van der Waals surface area contributed by atoms with Crippen molar-refractivity contribution in [2.75, 3.05) is 44.2 Å². The van der Waals surface area contributed by atoms with E-state index in [-0.39, 0.29) is 31.2 Å². The molecule has 1 amide bonds. The molecule has 0 bridgehead atoms. The van der Waals surface area contributed by atoms with Crippen LogP contribution < -0.4 is 10.2 Å². The van der Waals surface area contributed by atoms with Gasteiger partial charge in [0.1, 0.15) is 12.2 Å². The van der Waals surface area contributed by atoms with Crippen LogP contribution in [0.15, 0.2) is 60.7 Å². The minimum Gasteiger partial charge on any atom is -0.394 e. The molecule has 2 aliphatic heterocycles. The first-order chi connectivity index (χ1) is 14.7. The maximum Gasteiger partial charge on any atom is 0.251 e. The van der Waals surface area contributed by atoms with E-state index in [4.69, 9.17) is 4.74 Å². The van der Waals surface area contributed by atoms with Crippen molar-refractivity contribution >= 4 is 11.6 Å². The Morgan fingerprint density at radius 2 is 1.60 bits per heavy atom. The number of nitrogens with zero attached hydrogens (tertiary/aromatic N) is 2. The molecule has 4 rings (SSSR count). The summed E-state index contributed by atoms with van der Waals surface area (Å²) >= 11 is 0. The van der Waals surface area contributed by atoms with E-state index in [1.165, 1.54) is 5.69 Å². The number of benzene rings is 2. The monoisotopic (exact) mass is 411 g/mol. The van der Waals surface area contributed by atoms with Gasteiger partial charge in [-0.2, -0.15) is 0 Å². The lowest BCUT2D eigenvalue weighted by atomic mass is 10.0. The average Bonchev–Trinajstić information content (AvgIpc) is 3.14. The number of amides is 1. The number of hydrogen-bond donors (Lipinski definition) is 3. The SMILES string of the molecule is O=C(NC[C@@H]1O[C@@H](CO)[C@@H](O)[C@H]1N1CCN(c2ccccc2)CC1)c1ccccc1. The number of rotatable bonds is 6. The van der Waals surface area contributed by atoms with E-state index in [0.717, 1.165) is 26.2 Å². The highest BCUT2D eigenvalue weighted by Crippen LogP contribution is 2.27. The summed E-state index contributed by atoms with van der Waals surface area (Å²) in [5.74, 6) is -0.172. The van der Waals surface area contributed by atoms with Crippen LogP contribution in [0.3, 0.4) is 0 Å². The standard InChI is InChI=1S/C23H29N3O4/c27-16-20-22(28)21(19(30-20)15-24-23(29)17-7-3-1-4-8-17)26-13-11-25(12-14-26)18-9-5-2-6-10-18/h1-10,19-22,27-28H,11-16H2,(H,24,29)/t19-,20-,21-,22+/m0/s1. The topological polar surface area (TPSA) is 85.3 Å². The molecule has 0 saturated carbocycles. The predicted molar refractivity (Wildman–Crippen MR) is 115 cm³/mol. The molecule has 0 aliphatic carbocycles. The van der Waals surface area contributed by atoms with Gasteiger partial charge in [-0.25, -0.2) is 0 Å². The Kier molecular flexibility index (Phi) is 6.64. The van der Waals surface area contributed by atoms with Crippen molar-refractivity contribution in [2.24, 2.45) is 0 Å². The van der Waals surface area contributed by atoms with Gasteiger partial charge in [0.25, 0.3) is 5.91 Å². The van der Waals surface area contributed by atoms with Crippen molar-refractivity contribution in [1.82, 2.24) is 10.2 Å². The van der Waals surface area contributed by atoms with Crippen LogP contribution in [0.25, 0.3) is 0 Å². The van der Waals surface area contributed by atoms with Crippen molar-refractivity contribution in [2.45, 2.75) is 24.4 Å². The summed E-state index contributed by atoms with van der Waals surface area (Å²) in [6.07, 6.45) is -1.81. The third-order valence-corrected chi connectivity index (χ3v) is 6.00. The number of carbonyl (C=O) groups excluding carboxylic acids is 1. The molecule has 0 radical (unpaired) electrons. The highest BCUT2D eigenvalue weighted by Gasteiger charge is 2.46. The van der Waals surface area contributed by atoms with Gasteiger partial charge in [0.2, 0.25) is 0 Å².